The van der Waals surface area contributed by atoms with Gasteiger partial charge in [0, 0.05) is 18.3 Å². The first-order chi connectivity index (χ1) is 18.8. The summed E-state index contributed by atoms with van der Waals surface area (Å²) in [6, 6.07) is 21.9. The van der Waals surface area contributed by atoms with Gasteiger partial charge < -0.3 is 18.9 Å². The molecule has 0 radical (unpaired) electrons. The van der Waals surface area contributed by atoms with Crippen LogP contribution in [-0.2, 0) is 4.79 Å². The lowest BCUT2D eigenvalue weighted by molar-refractivity contribution is -0.120. The molecule has 200 valence electrons. The molecule has 8 heteroatoms. The molecular formula is C31H30FN3O4. The quantitative estimate of drug-likeness (QED) is 0.313. The third-order valence-corrected chi connectivity index (χ3v) is 7.00. The molecule has 1 atom stereocenters. The second-order valence-corrected chi connectivity index (χ2v) is 9.60. The van der Waals surface area contributed by atoms with Crippen molar-refractivity contribution in [3.05, 3.63) is 108 Å². The molecule has 39 heavy (non-hydrogen) atoms. The van der Waals surface area contributed by atoms with Gasteiger partial charge in [-0.2, -0.15) is 0 Å². The number of halogens is 1. The van der Waals surface area contributed by atoms with Gasteiger partial charge in [0.1, 0.15) is 29.9 Å². The van der Waals surface area contributed by atoms with Crippen LogP contribution in [0, 0.1) is 5.82 Å². The maximum Gasteiger partial charge on any atom is 0.258 e. The molecule has 0 fully saturated rings. The first-order valence-electron chi connectivity index (χ1n) is 12.7. The number of carbonyl (C=O) groups excluding carboxylic acids is 2. The van der Waals surface area contributed by atoms with Crippen LogP contribution in [0.4, 0.5) is 10.1 Å². The maximum atomic E-state index is 14.2. The number of fused-ring (bicyclic) bond motifs is 3. The van der Waals surface area contributed by atoms with Crippen LogP contribution in [0.3, 0.4) is 0 Å². The lowest BCUT2D eigenvalue weighted by atomic mass is 9.97. The van der Waals surface area contributed by atoms with Crippen LogP contribution in [0.25, 0.3) is 5.69 Å². The number of para-hydroxylation sites is 2. The van der Waals surface area contributed by atoms with E-state index in [-0.39, 0.29) is 30.2 Å². The van der Waals surface area contributed by atoms with Gasteiger partial charge in [-0.1, -0.05) is 24.3 Å². The van der Waals surface area contributed by atoms with Crippen LogP contribution in [0.2, 0.25) is 0 Å². The fraction of sp³-hybridized carbons (Fsp3) is 0.226. The molecule has 4 aromatic rings. The molecule has 0 aliphatic carbocycles. The van der Waals surface area contributed by atoms with Gasteiger partial charge in [0.25, 0.3) is 5.91 Å². The number of carbonyl (C=O) groups is 2. The van der Waals surface area contributed by atoms with Crippen molar-refractivity contribution in [2.75, 3.05) is 25.7 Å². The summed E-state index contributed by atoms with van der Waals surface area (Å²) in [6.45, 7) is 3.57. The molecule has 5 rings (SSSR count). The normalized spacial score (nSPS) is 14.0. The number of nitrogens with zero attached hydrogens (tertiary/aromatic N) is 3. The van der Waals surface area contributed by atoms with E-state index >= 15 is 0 Å². The van der Waals surface area contributed by atoms with E-state index in [0.717, 1.165) is 16.9 Å². The monoisotopic (exact) mass is 527 g/mol. The molecule has 2 amide bonds. The van der Waals surface area contributed by atoms with Crippen molar-refractivity contribution in [1.82, 2.24) is 9.47 Å². The van der Waals surface area contributed by atoms with E-state index in [1.165, 1.54) is 24.1 Å². The Bertz CT molecular complexity index is 1510. The van der Waals surface area contributed by atoms with E-state index in [4.69, 9.17) is 9.47 Å². The second-order valence-electron chi connectivity index (χ2n) is 9.60. The number of hydrogen-bond donors (Lipinski definition) is 0. The highest BCUT2D eigenvalue weighted by Gasteiger charge is 2.37. The molecule has 0 saturated heterocycles. The highest BCUT2D eigenvalue weighted by molar-refractivity contribution is 6.03. The molecule has 2 heterocycles. The molecular weight excluding hydrogens is 497 g/mol. The minimum absolute atomic E-state index is 0.168. The molecule has 1 aliphatic rings. The largest absolute Gasteiger partial charge is 0.497 e. The molecule has 7 nitrogen and oxygen atoms in total. The average molecular weight is 528 g/mol. The number of benzene rings is 3. The second kappa shape index (κ2) is 10.6. The summed E-state index contributed by atoms with van der Waals surface area (Å²) in [7, 11) is 3.03. The Morgan fingerprint density at radius 2 is 1.64 bits per heavy atom. The Hall–Kier alpha value is -4.59. The molecule has 0 spiro atoms. The van der Waals surface area contributed by atoms with Crippen molar-refractivity contribution < 1.29 is 23.5 Å². The van der Waals surface area contributed by atoms with Gasteiger partial charge in [-0.05, 0) is 67.9 Å². The van der Waals surface area contributed by atoms with Crippen molar-refractivity contribution >= 4 is 17.5 Å². The first kappa shape index (κ1) is 26.0. The van der Waals surface area contributed by atoms with E-state index in [0.29, 0.717) is 22.7 Å². The molecule has 1 unspecified atom stereocenters. The number of hydrogen-bond acceptors (Lipinski definition) is 4. The average Bonchev–Trinajstić information content (AvgIpc) is 3.45. The number of aromatic nitrogens is 1. The zero-order valence-electron chi connectivity index (χ0n) is 22.3. The van der Waals surface area contributed by atoms with Crippen molar-refractivity contribution in [1.29, 1.82) is 0 Å². The van der Waals surface area contributed by atoms with E-state index in [9.17, 15) is 14.0 Å². The Morgan fingerprint density at radius 3 is 2.31 bits per heavy atom. The third-order valence-electron chi connectivity index (χ3n) is 7.00. The van der Waals surface area contributed by atoms with Crippen molar-refractivity contribution in [3.8, 4) is 17.2 Å². The van der Waals surface area contributed by atoms with Gasteiger partial charge in [-0.15, -0.1) is 0 Å². The number of ether oxygens (including phenoxy) is 2. The summed E-state index contributed by atoms with van der Waals surface area (Å²) < 4.78 is 26.6. The van der Waals surface area contributed by atoms with Gasteiger partial charge in [0.15, 0.2) is 0 Å². The van der Waals surface area contributed by atoms with Crippen LogP contribution < -0.4 is 14.4 Å². The first-order valence-corrected chi connectivity index (χ1v) is 12.7. The summed E-state index contributed by atoms with van der Waals surface area (Å²) >= 11 is 0. The molecule has 0 N–H and O–H groups in total. The number of amides is 2. The van der Waals surface area contributed by atoms with Crippen molar-refractivity contribution in [2.45, 2.75) is 25.9 Å². The highest BCUT2D eigenvalue weighted by atomic mass is 19.1. The van der Waals surface area contributed by atoms with Gasteiger partial charge >= 0.3 is 0 Å². The molecule has 3 aromatic carbocycles. The molecule has 1 aliphatic heterocycles. The van der Waals surface area contributed by atoms with E-state index in [1.807, 2.05) is 61.0 Å². The molecule has 0 saturated carbocycles. The Morgan fingerprint density at radius 1 is 0.923 bits per heavy atom. The fourth-order valence-corrected chi connectivity index (χ4v) is 5.06. The van der Waals surface area contributed by atoms with Gasteiger partial charge in [0.2, 0.25) is 5.91 Å². The van der Waals surface area contributed by atoms with Crippen LogP contribution in [0.15, 0.2) is 85.1 Å². The summed E-state index contributed by atoms with van der Waals surface area (Å²) in [5, 5.41) is 0. The Labute approximate surface area is 227 Å². The van der Waals surface area contributed by atoms with Gasteiger partial charge in [0.05, 0.1) is 36.9 Å². The SMILES string of the molecule is COc1ccc(C(=O)N(CC(=O)N2c3ccccc3-n3cccc3C2c2ccc(F)cc2)C(C)C)c(OC)c1. The standard InChI is InChI=1S/C31H30FN3O4/c1-20(2)34(31(37)24-16-15-23(38-3)18-28(24)39-4)19-29(36)35-26-9-6-5-8-25(26)33-17-7-10-27(33)30(35)21-11-13-22(32)14-12-21/h5-18,20,30H,19H2,1-4H3. The van der Waals surface area contributed by atoms with Crippen LogP contribution in [-0.4, -0.2) is 48.1 Å². The van der Waals surface area contributed by atoms with Crippen molar-refractivity contribution in [3.63, 3.8) is 0 Å². The molecule has 1 aromatic heterocycles. The third kappa shape index (κ3) is 4.74. The fourth-order valence-electron chi connectivity index (χ4n) is 5.06. The Balaban J connectivity index is 1.56. The van der Waals surface area contributed by atoms with Gasteiger partial charge in [-0.25, -0.2) is 4.39 Å². The minimum Gasteiger partial charge on any atom is -0.497 e. The predicted molar refractivity (Wildman–Crippen MR) is 147 cm³/mol. The summed E-state index contributed by atoms with van der Waals surface area (Å²) in [6.07, 6.45) is 1.95. The summed E-state index contributed by atoms with van der Waals surface area (Å²) in [5.41, 5.74) is 3.52. The zero-order valence-corrected chi connectivity index (χ0v) is 22.3. The highest BCUT2D eigenvalue weighted by Crippen LogP contribution is 2.42. The van der Waals surface area contributed by atoms with E-state index in [1.54, 1.807) is 42.3 Å². The number of rotatable bonds is 7. The maximum absolute atomic E-state index is 14.2. The van der Waals surface area contributed by atoms with Crippen LogP contribution in [0.1, 0.15) is 41.5 Å². The van der Waals surface area contributed by atoms with Crippen LogP contribution >= 0.6 is 0 Å². The number of anilines is 1. The van der Waals surface area contributed by atoms with Crippen molar-refractivity contribution in [2.24, 2.45) is 0 Å². The van der Waals surface area contributed by atoms with E-state index < -0.39 is 6.04 Å². The van der Waals surface area contributed by atoms with E-state index in [2.05, 4.69) is 0 Å². The number of methoxy groups -OCH3 is 2. The molecule has 0 bridgehead atoms. The Kier molecular flexibility index (Phi) is 7.11. The lowest BCUT2D eigenvalue weighted by Gasteiger charge is -2.40. The zero-order chi connectivity index (χ0) is 27.7. The summed E-state index contributed by atoms with van der Waals surface area (Å²) in [5.74, 6) is -0.0229. The smallest absolute Gasteiger partial charge is 0.258 e. The van der Waals surface area contributed by atoms with Gasteiger partial charge in [-0.3, -0.25) is 14.5 Å². The summed E-state index contributed by atoms with van der Waals surface area (Å²) in [4.78, 5) is 31.3. The lowest BCUT2D eigenvalue weighted by Crippen LogP contribution is -2.48. The predicted octanol–water partition coefficient (Wildman–Crippen LogP) is 5.62. The van der Waals surface area contributed by atoms with Crippen LogP contribution in [0.5, 0.6) is 11.5 Å². The minimum atomic E-state index is -0.511. The topological polar surface area (TPSA) is 64.0 Å².